The predicted octanol–water partition coefficient (Wildman–Crippen LogP) is 5.60. The zero-order valence-corrected chi connectivity index (χ0v) is 19.7. The molecular weight excluding hydrogens is 468 g/mol. The lowest BCUT2D eigenvalue weighted by Gasteiger charge is -2.13. The average Bonchev–Trinajstić information content (AvgIpc) is 3.12. The molecule has 4 rings (SSSR count). The van der Waals surface area contributed by atoms with Gasteiger partial charge in [0.25, 0.3) is 16.8 Å². The highest BCUT2D eigenvalue weighted by molar-refractivity contribution is 8.18. The van der Waals surface area contributed by atoms with Gasteiger partial charge in [-0.2, -0.15) is 0 Å². The second kappa shape index (κ2) is 10.9. The molecule has 1 fully saturated rings. The van der Waals surface area contributed by atoms with E-state index in [2.05, 4.69) is 0 Å². The van der Waals surface area contributed by atoms with Crippen LogP contribution in [-0.2, 0) is 11.4 Å². The van der Waals surface area contributed by atoms with Crippen LogP contribution in [0, 0.1) is 17.0 Å². The van der Waals surface area contributed by atoms with Gasteiger partial charge < -0.3 is 9.47 Å². The van der Waals surface area contributed by atoms with Crippen molar-refractivity contribution in [1.82, 2.24) is 4.90 Å². The lowest BCUT2D eigenvalue weighted by molar-refractivity contribution is -0.384. The fourth-order valence-corrected chi connectivity index (χ4v) is 4.14. The summed E-state index contributed by atoms with van der Waals surface area (Å²) in [6.07, 6.45) is 1.67. The molecule has 0 N–H and O–H groups in total. The van der Waals surface area contributed by atoms with E-state index >= 15 is 0 Å². The van der Waals surface area contributed by atoms with Crippen molar-refractivity contribution >= 4 is 34.7 Å². The third-order valence-electron chi connectivity index (χ3n) is 5.21. The molecule has 1 saturated heterocycles. The van der Waals surface area contributed by atoms with E-state index in [1.54, 1.807) is 42.5 Å². The number of imide groups is 1. The summed E-state index contributed by atoms with van der Waals surface area (Å²) in [6.45, 7) is 2.64. The van der Waals surface area contributed by atoms with E-state index in [1.807, 2.05) is 31.2 Å². The molecule has 0 spiro atoms. The molecule has 2 amide bonds. The molecule has 0 unspecified atom stereocenters. The van der Waals surface area contributed by atoms with E-state index in [4.69, 9.17) is 9.47 Å². The number of carbonyl (C=O) groups is 2. The summed E-state index contributed by atoms with van der Waals surface area (Å²) < 4.78 is 11.4. The first-order valence-corrected chi connectivity index (χ1v) is 11.6. The second-order valence-electron chi connectivity index (χ2n) is 7.78. The quantitative estimate of drug-likeness (QED) is 0.219. The first-order chi connectivity index (χ1) is 16.9. The molecular formula is C26H22N2O6S. The van der Waals surface area contributed by atoms with Crippen molar-refractivity contribution in [3.63, 3.8) is 0 Å². The van der Waals surface area contributed by atoms with Crippen molar-refractivity contribution in [2.24, 2.45) is 0 Å². The van der Waals surface area contributed by atoms with Gasteiger partial charge in [-0.1, -0.05) is 29.8 Å². The summed E-state index contributed by atoms with van der Waals surface area (Å²) in [7, 11) is 0. The lowest BCUT2D eigenvalue weighted by atomic mass is 10.2. The number of carbonyl (C=O) groups excluding carboxylic acids is 2. The normalized spacial score (nSPS) is 14.4. The van der Waals surface area contributed by atoms with Crippen LogP contribution in [0.15, 0.2) is 77.7 Å². The standard InChI is InChI=1S/C26H22N2O6S/c1-18-2-10-22(11-3-18)33-15-14-27-25(29)24(35-26(27)30)16-19-6-12-23(13-7-19)34-17-20-4-8-21(9-5-20)28(31)32/h2-13,16H,14-15,17H2,1H3/b24-16-. The number of aryl methyl sites for hydroxylation is 1. The van der Waals surface area contributed by atoms with Gasteiger partial charge >= 0.3 is 0 Å². The summed E-state index contributed by atoms with van der Waals surface area (Å²) >= 11 is 0.904. The van der Waals surface area contributed by atoms with E-state index in [0.29, 0.717) is 16.4 Å². The smallest absolute Gasteiger partial charge is 0.293 e. The zero-order valence-electron chi connectivity index (χ0n) is 18.9. The van der Waals surface area contributed by atoms with Crippen LogP contribution in [0.25, 0.3) is 6.08 Å². The highest BCUT2D eigenvalue weighted by Crippen LogP contribution is 2.32. The number of nitro groups is 1. The van der Waals surface area contributed by atoms with Gasteiger partial charge in [0.15, 0.2) is 0 Å². The molecule has 0 bridgehead atoms. The van der Waals surface area contributed by atoms with Crippen molar-refractivity contribution < 1.29 is 24.0 Å². The maximum Gasteiger partial charge on any atom is 0.293 e. The van der Waals surface area contributed by atoms with E-state index in [0.717, 1.165) is 28.5 Å². The SMILES string of the molecule is Cc1ccc(OCCN2C(=O)S/C(=C\c3ccc(OCc4ccc([N+](=O)[O-])cc4)cc3)C2=O)cc1. The maximum atomic E-state index is 12.7. The van der Waals surface area contributed by atoms with Crippen LogP contribution >= 0.6 is 11.8 Å². The van der Waals surface area contributed by atoms with E-state index in [9.17, 15) is 19.7 Å². The molecule has 1 aliphatic heterocycles. The predicted molar refractivity (Wildman–Crippen MR) is 133 cm³/mol. The minimum atomic E-state index is -0.447. The molecule has 0 atom stereocenters. The van der Waals surface area contributed by atoms with Crippen LogP contribution in [0.1, 0.15) is 16.7 Å². The Morgan fingerprint density at radius 2 is 1.54 bits per heavy atom. The Morgan fingerprint density at radius 1 is 0.914 bits per heavy atom. The highest BCUT2D eigenvalue weighted by Gasteiger charge is 2.34. The van der Waals surface area contributed by atoms with Gasteiger partial charge in [-0.3, -0.25) is 24.6 Å². The van der Waals surface area contributed by atoms with Crippen LogP contribution in [0.5, 0.6) is 11.5 Å². The largest absolute Gasteiger partial charge is 0.492 e. The van der Waals surface area contributed by atoms with E-state index < -0.39 is 4.92 Å². The van der Waals surface area contributed by atoms with Gasteiger partial charge in [0.1, 0.15) is 24.7 Å². The van der Waals surface area contributed by atoms with Crippen molar-refractivity contribution in [3.8, 4) is 11.5 Å². The number of nitrogens with zero attached hydrogens (tertiary/aromatic N) is 2. The number of non-ortho nitro benzene ring substituents is 1. The summed E-state index contributed by atoms with van der Waals surface area (Å²) in [4.78, 5) is 36.8. The lowest BCUT2D eigenvalue weighted by Crippen LogP contribution is -2.32. The number of hydrogen-bond acceptors (Lipinski definition) is 7. The summed E-state index contributed by atoms with van der Waals surface area (Å²) in [5, 5.41) is 10.4. The number of benzene rings is 3. The monoisotopic (exact) mass is 490 g/mol. The molecule has 3 aromatic rings. The number of nitro benzene ring substituents is 1. The van der Waals surface area contributed by atoms with Gasteiger partial charge in [-0.15, -0.1) is 0 Å². The van der Waals surface area contributed by atoms with Crippen LogP contribution in [-0.4, -0.2) is 34.1 Å². The van der Waals surface area contributed by atoms with Gasteiger partial charge in [0.2, 0.25) is 0 Å². The number of thioether (sulfide) groups is 1. The fraction of sp³-hybridized carbons (Fsp3) is 0.154. The van der Waals surface area contributed by atoms with Crippen molar-refractivity contribution in [2.75, 3.05) is 13.2 Å². The third-order valence-corrected chi connectivity index (χ3v) is 6.12. The van der Waals surface area contributed by atoms with Crippen molar-refractivity contribution in [1.29, 1.82) is 0 Å². The first-order valence-electron chi connectivity index (χ1n) is 10.8. The van der Waals surface area contributed by atoms with Crippen LogP contribution in [0.4, 0.5) is 10.5 Å². The topological polar surface area (TPSA) is 99.0 Å². The fourth-order valence-electron chi connectivity index (χ4n) is 3.27. The minimum Gasteiger partial charge on any atom is -0.492 e. The summed E-state index contributed by atoms with van der Waals surface area (Å²) in [5.41, 5.74) is 2.72. The van der Waals surface area contributed by atoms with Crippen LogP contribution in [0.3, 0.4) is 0 Å². The number of rotatable bonds is 9. The van der Waals surface area contributed by atoms with Crippen molar-refractivity contribution in [3.05, 3.63) is 105 Å². The summed E-state index contributed by atoms with van der Waals surface area (Å²) in [6, 6.07) is 20.8. The minimum absolute atomic E-state index is 0.0290. The van der Waals surface area contributed by atoms with E-state index in [-0.39, 0.29) is 36.6 Å². The molecule has 1 aliphatic rings. The Balaban J connectivity index is 1.30. The summed E-state index contributed by atoms with van der Waals surface area (Å²) in [5.74, 6) is 0.960. The molecule has 0 aromatic heterocycles. The first kappa shape index (κ1) is 24.0. The molecule has 178 valence electrons. The van der Waals surface area contributed by atoms with Crippen molar-refractivity contribution in [2.45, 2.75) is 13.5 Å². The molecule has 0 radical (unpaired) electrons. The second-order valence-corrected chi connectivity index (χ2v) is 8.77. The molecule has 3 aromatic carbocycles. The van der Waals surface area contributed by atoms with Gasteiger partial charge in [0.05, 0.1) is 16.4 Å². The Kier molecular flexibility index (Phi) is 7.47. The Hall–Kier alpha value is -4.11. The number of ether oxygens (including phenoxy) is 2. The molecule has 35 heavy (non-hydrogen) atoms. The van der Waals surface area contributed by atoms with Gasteiger partial charge in [-0.25, -0.2) is 0 Å². The van der Waals surface area contributed by atoms with Crippen LogP contribution in [0.2, 0.25) is 0 Å². The number of hydrogen-bond donors (Lipinski definition) is 0. The Morgan fingerprint density at radius 3 is 2.20 bits per heavy atom. The Bertz CT molecular complexity index is 1250. The Labute approximate surface area is 206 Å². The average molecular weight is 491 g/mol. The third kappa shape index (κ3) is 6.27. The van der Waals surface area contributed by atoms with E-state index in [1.165, 1.54) is 17.0 Å². The molecule has 1 heterocycles. The highest BCUT2D eigenvalue weighted by atomic mass is 32.2. The molecule has 0 saturated carbocycles. The molecule has 9 heteroatoms. The molecule has 0 aliphatic carbocycles. The van der Waals surface area contributed by atoms with Crippen LogP contribution < -0.4 is 9.47 Å². The maximum absolute atomic E-state index is 12.7. The molecule has 8 nitrogen and oxygen atoms in total. The van der Waals surface area contributed by atoms with Gasteiger partial charge in [-0.05, 0) is 72.3 Å². The van der Waals surface area contributed by atoms with Gasteiger partial charge in [0, 0.05) is 12.1 Å². The number of amides is 2. The zero-order chi connectivity index (χ0) is 24.8.